The van der Waals surface area contributed by atoms with Crippen LogP contribution < -0.4 is 5.73 Å². The lowest BCUT2D eigenvalue weighted by Gasteiger charge is -2.04. The highest BCUT2D eigenvalue weighted by Crippen LogP contribution is 2.15. The van der Waals surface area contributed by atoms with Crippen molar-refractivity contribution in [1.82, 2.24) is 0 Å². The average Bonchev–Trinajstić information content (AvgIpc) is 2.58. The molecule has 3 N–H and O–H groups in total. The Balaban J connectivity index is 1.93. The van der Waals surface area contributed by atoms with E-state index in [-0.39, 0.29) is 4.90 Å². The Kier molecular flexibility index (Phi) is 11.8. The van der Waals surface area contributed by atoms with Gasteiger partial charge in [0.15, 0.2) is 0 Å². The van der Waals surface area contributed by atoms with Crippen LogP contribution in [0, 0.1) is 0 Å². The minimum Gasteiger partial charge on any atom is -0.330 e. The molecule has 0 aliphatic heterocycles. The molecule has 0 heterocycles. The standard InChI is InChI=1S/C20H35NO3S/c21-18-12-10-8-6-4-2-1-3-5-7-9-11-13-19-14-16-20(17-15-19)25(22,23)24/h14-17H,1-13,18,21H2,(H,22,23,24). The summed E-state index contributed by atoms with van der Waals surface area (Å²) in [6.07, 6.45) is 16.5. The quantitative estimate of drug-likeness (QED) is 0.332. The molecule has 0 radical (unpaired) electrons. The van der Waals surface area contributed by atoms with Crippen LogP contribution in [0.25, 0.3) is 0 Å². The average molecular weight is 370 g/mol. The monoisotopic (exact) mass is 369 g/mol. The third-order valence-corrected chi connectivity index (χ3v) is 5.51. The van der Waals surface area contributed by atoms with E-state index in [0.717, 1.165) is 24.9 Å². The van der Waals surface area contributed by atoms with E-state index < -0.39 is 10.1 Å². The van der Waals surface area contributed by atoms with E-state index in [9.17, 15) is 8.42 Å². The second-order valence-corrected chi connectivity index (χ2v) is 8.32. The molecule has 0 atom stereocenters. The minimum absolute atomic E-state index is 0.0318. The summed E-state index contributed by atoms with van der Waals surface area (Å²) in [6, 6.07) is 6.52. The molecule has 0 amide bonds. The van der Waals surface area contributed by atoms with Gasteiger partial charge in [0.25, 0.3) is 10.1 Å². The van der Waals surface area contributed by atoms with Gasteiger partial charge in [-0.25, -0.2) is 0 Å². The van der Waals surface area contributed by atoms with Crippen molar-refractivity contribution in [3.63, 3.8) is 0 Å². The van der Waals surface area contributed by atoms with E-state index in [4.69, 9.17) is 10.3 Å². The molecule has 1 rings (SSSR count). The smallest absolute Gasteiger partial charge is 0.294 e. The van der Waals surface area contributed by atoms with Gasteiger partial charge in [-0.05, 0) is 43.5 Å². The maximum atomic E-state index is 11.0. The second kappa shape index (κ2) is 13.3. The molecule has 0 aromatic heterocycles. The molecule has 0 aliphatic rings. The van der Waals surface area contributed by atoms with Crippen molar-refractivity contribution in [2.24, 2.45) is 5.73 Å². The van der Waals surface area contributed by atoms with Crippen molar-refractivity contribution in [1.29, 1.82) is 0 Å². The summed E-state index contributed by atoms with van der Waals surface area (Å²) in [5.74, 6) is 0. The van der Waals surface area contributed by atoms with E-state index >= 15 is 0 Å². The first-order valence-electron chi connectivity index (χ1n) is 9.80. The van der Waals surface area contributed by atoms with Crippen LogP contribution in [0.3, 0.4) is 0 Å². The summed E-state index contributed by atoms with van der Waals surface area (Å²) in [5.41, 5.74) is 6.61. The van der Waals surface area contributed by atoms with Crippen LogP contribution in [0.15, 0.2) is 29.2 Å². The Hall–Kier alpha value is -0.910. The molecule has 0 unspecified atom stereocenters. The van der Waals surface area contributed by atoms with Crippen molar-refractivity contribution in [2.75, 3.05) is 6.54 Å². The van der Waals surface area contributed by atoms with Gasteiger partial charge in [0.2, 0.25) is 0 Å². The fourth-order valence-electron chi connectivity index (χ4n) is 3.07. The lowest BCUT2D eigenvalue weighted by molar-refractivity contribution is 0.483. The van der Waals surface area contributed by atoms with Gasteiger partial charge in [0.05, 0.1) is 4.90 Å². The maximum Gasteiger partial charge on any atom is 0.294 e. The molecule has 0 saturated heterocycles. The summed E-state index contributed by atoms with van der Waals surface area (Å²) in [7, 11) is -4.07. The largest absolute Gasteiger partial charge is 0.330 e. The predicted octanol–water partition coefficient (Wildman–Crippen LogP) is 5.12. The second-order valence-electron chi connectivity index (χ2n) is 6.90. The number of aryl methyl sites for hydroxylation is 1. The number of nitrogens with two attached hydrogens (primary N) is 1. The van der Waals surface area contributed by atoms with Crippen LogP contribution in [0.4, 0.5) is 0 Å². The van der Waals surface area contributed by atoms with Crippen LogP contribution in [0.5, 0.6) is 0 Å². The molecule has 25 heavy (non-hydrogen) atoms. The molecular weight excluding hydrogens is 334 g/mol. The molecule has 0 spiro atoms. The molecule has 0 fully saturated rings. The maximum absolute atomic E-state index is 11.0. The van der Waals surface area contributed by atoms with Gasteiger partial charge in [-0.15, -0.1) is 0 Å². The molecule has 1 aromatic carbocycles. The zero-order chi connectivity index (χ0) is 18.4. The molecule has 4 nitrogen and oxygen atoms in total. The van der Waals surface area contributed by atoms with Gasteiger partial charge >= 0.3 is 0 Å². The predicted molar refractivity (Wildman–Crippen MR) is 104 cm³/mol. The van der Waals surface area contributed by atoms with E-state index in [1.54, 1.807) is 12.1 Å². The first kappa shape index (κ1) is 22.1. The van der Waals surface area contributed by atoms with E-state index in [1.165, 1.54) is 82.8 Å². The molecule has 0 aliphatic carbocycles. The zero-order valence-electron chi connectivity index (χ0n) is 15.5. The van der Waals surface area contributed by atoms with Gasteiger partial charge in [-0.3, -0.25) is 4.55 Å². The van der Waals surface area contributed by atoms with E-state index in [0.29, 0.717) is 0 Å². The third kappa shape index (κ3) is 11.3. The highest BCUT2D eigenvalue weighted by Gasteiger charge is 2.08. The Labute approximate surface area is 154 Å². The first-order chi connectivity index (χ1) is 12.0. The van der Waals surface area contributed by atoms with Crippen LogP contribution >= 0.6 is 0 Å². The Bertz CT molecular complexity index is 541. The van der Waals surface area contributed by atoms with Crippen molar-refractivity contribution in [3.8, 4) is 0 Å². The third-order valence-electron chi connectivity index (χ3n) is 4.64. The Morgan fingerprint density at radius 2 is 1.08 bits per heavy atom. The van der Waals surface area contributed by atoms with Crippen molar-refractivity contribution in [3.05, 3.63) is 29.8 Å². The molecule has 5 heteroatoms. The number of benzene rings is 1. The lowest BCUT2D eigenvalue weighted by Crippen LogP contribution is -1.98. The molecule has 0 saturated carbocycles. The van der Waals surface area contributed by atoms with Gasteiger partial charge in [0.1, 0.15) is 0 Å². The summed E-state index contributed by atoms with van der Waals surface area (Å²) in [4.78, 5) is -0.0318. The van der Waals surface area contributed by atoms with Gasteiger partial charge in [-0.1, -0.05) is 76.3 Å². The van der Waals surface area contributed by atoms with Crippen molar-refractivity contribution < 1.29 is 13.0 Å². The molecule has 0 bridgehead atoms. The minimum atomic E-state index is -4.07. The fraction of sp³-hybridized carbons (Fsp3) is 0.700. The number of rotatable bonds is 15. The number of hydrogen-bond acceptors (Lipinski definition) is 3. The lowest BCUT2D eigenvalue weighted by atomic mass is 10.0. The van der Waals surface area contributed by atoms with Crippen molar-refractivity contribution >= 4 is 10.1 Å². The summed E-state index contributed by atoms with van der Waals surface area (Å²) in [5, 5.41) is 0. The molecule has 144 valence electrons. The van der Waals surface area contributed by atoms with E-state index in [2.05, 4.69) is 0 Å². The SMILES string of the molecule is NCCCCCCCCCCCCCCc1ccc(S(=O)(=O)O)cc1. The fourth-order valence-corrected chi connectivity index (χ4v) is 3.55. The highest BCUT2D eigenvalue weighted by molar-refractivity contribution is 7.85. The van der Waals surface area contributed by atoms with Crippen molar-refractivity contribution in [2.45, 2.75) is 88.4 Å². The normalized spacial score (nSPS) is 11.8. The summed E-state index contributed by atoms with van der Waals surface area (Å²) < 4.78 is 30.9. The Morgan fingerprint density at radius 1 is 0.680 bits per heavy atom. The number of hydrogen-bond donors (Lipinski definition) is 2. The zero-order valence-corrected chi connectivity index (χ0v) is 16.3. The van der Waals surface area contributed by atoms with Crippen LogP contribution in [0.1, 0.15) is 82.6 Å². The first-order valence-corrected chi connectivity index (χ1v) is 11.2. The van der Waals surface area contributed by atoms with E-state index in [1.807, 2.05) is 0 Å². The molecule has 1 aromatic rings. The van der Waals surface area contributed by atoms with Gasteiger partial charge in [-0.2, -0.15) is 8.42 Å². The summed E-state index contributed by atoms with van der Waals surface area (Å²) >= 11 is 0. The number of unbranched alkanes of at least 4 members (excludes halogenated alkanes) is 11. The Morgan fingerprint density at radius 3 is 1.48 bits per heavy atom. The summed E-state index contributed by atoms with van der Waals surface area (Å²) in [6.45, 7) is 0.829. The van der Waals surface area contributed by atoms with Gasteiger partial charge < -0.3 is 5.73 Å². The van der Waals surface area contributed by atoms with Gasteiger partial charge in [0, 0.05) is 0 Å². The van der Waals surface area contributed by atoms with Crippen LogP contribution in [0.2, 0.25) is 0 Å². The van der Waals surface area contributed by atoms with Crippen LogP contribution in [-0.2, 0) is 16.5 Å². The highest BCUT2D eigenvalue weighted by atomic mass is 32.2. The van der Waals surface area contributed by atoms with Crippen LogP contribution in [-0.4, -0.2) is 19.5 Å². The topological polar surface area (TPSA) is 80.4 Å². The molecular formula is C20H35NO3S.